The molecule has 2 aromatic heterocycles. The quantitative estimate of drug-likeness (QED) is 0.937. The average molecular weight is 290 g/mol. The molecule has 1 amide bonds. The van der Waals surface area contributed by atoms with E-state index >= 15 is 0 Å². The molecular formula is C15H18N2O2S. The molecule has 2 atom stereocenters. The van der Waals surface area contributed by atoms with Crippen LogP contribution in [-0.2, 0) is 0 Å². The zero-order valence-electron chi connectivity index (χ0n) is 11.5. The second-order valence-electron chi connectivity index (χ2n) is 5.35. The van der Waals surface area contributed by atoms with E-state index in [9.17, 15) is 4.79 Å². The lowest BCUT2D eigenvalue weighted by Gasteiger charge is -2.29. The maximum atomic E-state index is 12.4. The van der Waals surface area contributed by atoms with Crippen LogP contribution in [0.15, 0.2) is 28.3 Å². The van der Waals surface area contributed by atoms with Gasteiger partial charge in [0.2, 0.25) is 0 Å². The monoisotopic (exact) mass is 290 g/mol. The summed E-state index contributed by atoms with van der Waals surface area (Å²) in [6.45, 7) is 2.20. The third-order valence-electron chi connectivity index (χ3n) is 3.96. The molecule has 0 aromatic carbocycles. The van der Waals surface area contributed by atoms with Gasteiger partial charge in [-0.2, -0.15) is 0 Å². The van der Waals surface area contributed by atoms with Crippen LogP contribution >= 0.6 is 11.3 Å². The largest absolute Gasteiger partial charge is 0.442 e. The fourth-order valence-electron chi connectivity index (χ4n) is 2.76. The Kier molecular flexibility index (Phi) is 3.87. The third-order valence-corrected chi connectivity index (χ3v) is 4.82. The highest BCUT2D eigenvalue weighted by molar-refractivity contribution is 7.13. The first-order chi connectivity index (χ1) is 9.75. The van der Waals surface area contributed by atoms with Gasteiger partial charge in [0.25, 0.3) is 5.91 Å². The lowest BCUT2D eigenvalue weighted by atomic mass is 9.86. The Bertz CT molecular complexity index is 576. The zero-order valence-corrected chi connectivity index (χ0v) is 12.3. The van der Waals surface area contributed by atoms with E-state index in [0.29, 0.717) is 17.4 Å². The molecule has 2 aromatic rings. The van der Waals surface area contributed by atoms with Crippen LogP contribution < -0.4 is 5.32 Å². The van der Waals surface area contributed by atoms with Gasteiger partial charge < -0.3 is 9.73 Å². The number of oxazole rings is 1. The Hall–Kier alpha value is -1.62. The molecule has 0 bridgehead atoms. The molecule has 1 aliphatic rings. The number of nitrogens with one attached hydrogen (secondary N) is 1. The molecule has 0 radical (unpaired) electrons. The SMILES string of the molecule is C[C@H]1CCCC[C@@H]1NC(=O)c1ncoc1-c1cccs1. The second kappa shape index (κ2) is 5.79. The number of thiophene rings is 1. The van der Waals surface area contributed by atoms with Gasteiger partial charge in [-0.05, 0) is 30.2 Å². The first kappa shape index (κ1) is 13.4. The van der Waals surface area contributed by atoms with Crippen LogP contribution in [0.2, 0.25) is 0 Å². The lowest BCUT2D eigenvalue weighted by Crippen LogP contribution is -2.41. The summed E-state index contributed by atoms with van der Waals surface area (Å²) >= 11 is 1.55. The molecule has 1 saturated carbocycles. The van der Waals surface area contributed by atoms with Crippen LogP contribution in [0.3, 0.4) is 0 Å². The molecule has 1 aliphatic carbocycles. The first-order valence-electron chi connectivity index (χ1n) is 7.04. The Labute approximate surface area is 122 Å². The Morgan fingerprint density at radius 1 is 1.45 bits per heavy atom. The van der Waals surface area contributed by atoms with E-state index in [4.69, 9.17) is 4.42 Å². The van der Waals surface area contributed by atoms with Crippen LogP contribution in [0, 0.1) is 5.92 Å². The molecule has 0 spiro atoms. The molecule has 0 aliphatic heterocycles. The van der Waals surface area contributed by atoms with Gasteiger partial charge >= 0.3 is 0 Å². The second-order valence-corrected chi connectivity index (χ2v) is 6.30. The summed E-state index contributed by atoms with van der Waals surface area (Å²) in [5.41, 5.74) is 0.394. The lowest BCUT2D eigenvalue weighted by molar-refractivity contribution is 0.0906. The summed E-state index contributed by atoms with van der Waals surface area (Å²) in [5, 5.41) is 5.08. The van der Waals surface area contributed by atoms with Crippen molar-refractivity contribution in [2.75, 3.05) is 0 Å². The van der Waals surface area contributed by atoms with Gasteiger partial charge in [0.1, 0.15) is 0 Å². The summed E-state index contributed by atoms with van der Waals surface area (Å²) in [6.07, 6.45) is 6.03. The molecule has 1 N–H and O–H groups in total. The summed E-state index contributed by atoms with van der Waals surface area (Å²) in [4.78, 5) is 17.4. The van der Waals surface area contributed by atoms with Gasteiger partial charge in [-0.15, -0.1) is 11.3 Å². The normalized spacial score (nSPS) is 22.6. The van der Waals surface area contributed by atoms with Gasteiger partial charge in [-0.25, -0.2) is 4.98 Å². The molecule has 4 nitrogen and oxygen atoms in total. The highest BCUT2D eigenvalue weighted by Crippen LogP contribution is 2.28. The van der Waals surface area contributed by atoms with Crippen LogP contribution in [-0.4, -0.2) is 16.9 Å². The van der Waals surface area contributed by atoms with Crippen LogP contribution in [0.1, 0.15) is 43.1 Å². The van der Waals surface area contributed by atoms with Crippen molar-refractivity contribution in [1.29, 1.82) is 0 Å². The van der Waals surface area contributed by atoms with E-state index in [1.54, 1.807) is 11.3 Å². The third kappa shape index (κ3) is 2.63. The molecule has 1 fully saturated rings. The minimum Gasteiger partial charge on any atom is -0.442 e. The van der Waals surface area contributed by atoms with Crippen molar-refractivity contribution in [3.8, 4) is 10.6 Å². The Balaban J connectivity index is 1.76. The minimum absolute atomic E-state index is 0.124. The number of hydrogen-bond donors (Lipinski definition) is 1. The smallest absolute Gasteiger partial charge is 0.274 e. The number of carbonyl (C=O) groups is 1. The van der Waals surface area contributed by atoms with E-state index in [0.717, 1.165) is 11.3 Å². The van der Waals surface area contributed by atoms with Crippen molar-refractivity contribution < 1.29 is 9.21 Å². The fraction of sp³-hybridized carbons (Fsp3) is 0.467. The van der Waals surface area contributed by atoms with Gasteiger partial charge in [0.05, 0.1) is 4.88 Å². The average Bonchev–Trinajstić information content (AvgIpc) is 3.11. The van der Waals surface area contributed by atoms with Crippen molar-refractivity contribution in [2.24, 2.45) is 5.92 Å². The Morgan fingerprint density at radius 2 is 2.30 bits per heavy atom. The van der Waals surface area contributed by atoms with Gasteiger partial charge in [-0.1, -0.05) is 25.8 Å². The van der Waals surface area contributed by atoms with E-state index < -0.39 is 0 Å². The van der Waals surface area contributed by atoms with Crippen molar-refractivity contribution in [3.05, 3.63) is 29.6 Å². The van der Waals surface area contributed by atoms with Crippen molar-refractivity contribution >= 4 is 17.2 Å². The standard InChI is InChI=1S/C15H18N2O2S/c1-10-5-2-3-6-11(10)17-15(18)13-14(19-9-16-13)12-7-4-8-20-12/h4,7-11H,2-3,5-6H2,1H3,(H,17,18)/t10-,11-/m0/s1. The highest BCUT2D eigenvalue weighted by Gasteiger charge is 2.26. The van der Waals surface area contributed by atoms with E-state index in [2.05, 4.69) is 17.2 Å². The van der Waals surface area contributed by atoms with Crippen molar-refractivity contribution in [3.63, 3.8) is 0 Å². The summed E-state index contributed by atoms with van der Waals surface area (Å²) in [5.74, 6) is 0.978. The van der Waals surface area contributed by atoms with Crippen molar-refractivity contribution in [1.82, 2.24) is 10.3 Å². The van der Waals surface area contributed by atoms with Gasteiger partial charge in [-0.3, -0.25) is 4.79 Å². The number of aromatic nitrogens is 1. The molecule has 5 heteroatoms. The fourth-order valence-corrected chi connectivity index (χ4v) is 3.47. The molecule has 20 heavy (non-hydrogen) atoms. The maximum Gasteiger partial charge on any atom is 0.274 e. The number of hydrogen-bond acceptors (Lipinski definition) is 4. The predicted octanol–water partition coefficient (Wildman–Crippen LogP) is 3.71. The molecule has 106 valence electrons. The summed E-state index contributed by atoms with van der Waals surface area (Å²) in [7, 11) is 0. The van der Waals surface area contributed by atoms with Crippen LogP contribution in [0.4, 0.5) is 0 Å². The highest BCUT2D eigenvalue weighted by atomic mass is 32.1. The van der Waals surface area contributed by atoms with Crippen molar-refractivity contribution in [2.45, 2.75) is 38.6 Å². The summed E-state index contributed by atoms with van der Waals surface area (Å²) in [6, 6.07) is 4.13. The number of nitrogens with zero attached hydrogens (tertiary/aromatic N) is 1. The topological polar surface area (TPSA) is 55.1 Å². The molecule has 2 heterocycles. The van der Waals surface area contributed by atoms with E-state index in [-0.39, 0.29) is 11.9 Å². The van der Waals surface area contributed by atoms with Crippen LogP contribution in [0.5, 0.6) is 0 Å². The summed E-state index contributed by atoms with van der Waals surface area (Å²) < 4.78 is 5.38. The molecule has 3 rings (SSSR count). The van der Waals surface area contributed by atoms with E-state index in [1.165, 1.54) is 25.7 Å². The maximum absolute atomic E-state index is 12.4. The Morgan fingerprint density at radius 3 is 3.05 bits per heavy atom. The van der Waals surface area contributed by atoms with E-state index in [1.807, 2.05) is 17.5 Å². The zero-order chi connectivity index (χ0) is 13.9. The molecule has 0 unspecified atom stereocenters. The number of amides is 1. The minimum atomic E-state index is -0.124. The van der Waals surface area contributed by atoms with Crippen LogP contribution in [0.25, 0.3) is 10.6 Å². The van der Waals surface area contributed by atoms with Gasteiger partial charge in [0, 0.05) is 6.04 Å². The number of carbonyl (C=O) groups excluding carboxylic acids is 1. The molecular weight excluding hydrogens is 272 g/mol. The van der Waals surface area contributed by atoms with Gasteiger partial charge in [0.15, 0.2) is 17.8 Å². The molecule has 0 saturated heterocycles. The predicted molar refractivity (Wildman–Crippen MR) is 78.7 cm³/mol. The first-order valence-corrected chi connectivity index (χ1v) is 7.92. The number of rotatable bonds is 3.